The quantitative estimate of drug-likeness (QED) is 0.787. The molecule has 0 bridgehead atoms. The van der Waals surface area contributed by atoms with Gasteiger partial charge < -0.3 is 15.1 Å². The maximum absolute atomic E-state index is 12.2. The minimum absolute atomic E-state index is 0.178. The van der Waals surface area contributed by atoms with E-state index in [9.17, 15) is 4.79 Å². The highest BCUT2D eigenvalue weighted by Gasteiger charge is 2.23. The van der Waals surface area contributed by atoms with Crippen LogP contribution in [-0.4, -0.2) is 44.7 Å². The lowest BCUT2D eigenvalue weighted by Crippen LogP contribution is -3.16. The highest BCUT2D eigenvalue weighted by molar-refractivity contribution is 6.30. The summed E-state index contributed by atoms with van der Waals surface area (Å²) in [6.45, 7) is 11.0. The van der Waals surface area contributed by atoms with Crippen molar-refractivity contribution in [1.82, 2.24) is 5.32 Å². The predicted molar refractivity (Wildman–Crippen MR) is 101 cm³/mol. The number of nitrogens with zero attached hydrogens (tertiary/aromatic N) is 1. The smallest absolute Gasteiger partial charge is 0.275 e. The molecule has 1 aliphatic rings. The number of nitrogens with one attached hydrogen (secondary N) is 2. The third-order valence-electron chi connectivity index (χ3n) is 4.64. The molecular weight excluding hydrogens is 322 g/mol. The molecule has 1 aromatic rings. The highest BCUT2D eigenvalue weighted by atomic mass is 35.5. The standard InChI is InChI=1S/C19H30ClN3O/c1-15(2)7-8-16(3)21-19(24)14-22-9-11-23(12-10-22)18-6-4-5-17(20)13-18/h4-6,13,15-16H,7-12,14H2,1-3H3,(H,21,24)/p+1/t16-/m1/s1. The van der Waals surface area contributed by atoms with Gasteiger partial charge in [0.2, 0.25) is 0 Å². The minimum Gasteiger partial charge on any atom is -0.360 e. The molecule has 0 spiro atoms. The van der Waals surface area contributed by atoms with Gasteiger partial charge in [-0.15, -0.1) is 0 Å². The lowest BCUT2D eigenvalue weighted by atomic mass is 10.0. The van der Waals surface area contributed by atoms with Crippen molar-refractivity contribution in [3.8, 4) is 0 Å². The Labute approximate surface area is 151 Å². The number of hydrogen-bond acceptors (Lipinski definition) is 2. The molecule has 24 heavy (non-hydrogen) atoms. The summed E-state index contributed by atoms with van der Waals surface area (Å²) in [5.41, 5.74) is 1.17. The number of benzene rings is 1. The zero-order valence-corrected chi connectivity index (χ0v) is 15.9. The van der Waals surface area contributed by atoms with Gasteiger partial charge in [-0.3, -0.25) is 4.79 Å². The van der Waals surface area contributed by atoms with Crippen molar-refractivity contribution in [2.45, 2.75) is 39.7 Å². The molecule has 0 radical (unpaired) electrons. The van der Waals surface area contributed by atoms with Crippen molar-refractivity contribution in [2.75, 3.05) is 37.6 Å². The molecule has 2 rings (SSSR count). The van der Waals surface area contributed by atoms with Crippen molar-refractivity contribution in [1.29, 1.82) is 0 Å². The number of anilines is 1. The van der Waals surface area contributed by atoms with Gasteiger partial charge in [0.25, 0.3) is 5.91 Å². The molecule has 1 heterocycles. The SMILES string of the molecule is CC(C)CC[C@@H](C)NC(=O)C[NH+]1CCN(c2cccc(Cl)c2)CC1. The fourth-order valence-corrected chi connectivity index (χ4v) is 3.32. The van der Waals surface area contributed by atoms with E-state index in [-0.39, 0.29) is 11.9 Å². The van der Waals surface area contributed by atoms with E-state index in [1.165, 1.54) is 10.6 Å². The van der Waals surface area contributed by atoms with Gasteiger partial charge in [0, 0.05) is 16.8 Å². The van der Waals surface area contributed by atoms with Gasteiger partial charge in [0.15, 0.2) is 6.54 Å². The zero-order chi connectivity index (χ0) is 17.5. The molecule has 134 valence electrons. The molecule has 5 heteroatoms. The van der Waals surface area contributed by atoms with E-state index < -0.39 is 0 Å². The number of hydrogen-bond donors (Lipinski definition) is 2. The fourth-order valence-electron chi connectivity index (χ4n) is 3.14. The molecule has 1 atom stereocenters. The molecule has 1 saturated heterocycles. The normalized spacial score (nSPS) is 17.1. The summed E-state index contributed by atoms with van der Waals surface area (Å²) in [7, 11) is 0. The van der Waals surface area contributed by atoms with Crippen molar-refractivity contribution in [3.05, 3.63) is 29.3 Å². The first-order valence-corrected chi connectivity index (χ1v) is 9.45. The van der Waals surface area contributed by atoms with Gasteiger partial charge >= 0.3 is 0 Å². The Bertz CT molecular complexity index is 527. The van der Waals surface area contributed by atoms with Crippen molar-refractivity contribution in [3.63, 3.8) is 0 Å². The van der Waals surface area contributed by atoms with E-state index in [1.807, 2.05) is 18.2 Å². The number of halogens is 1. The van der Waals surface area contributed by atoms with Crippen LogP contribution in [0.25, 0.3) is 0 Å². The summed E-state index contributed by atoms with van der Waals surface area (Å²) >= 11 is 6.07. The second-order valence-electron chi connectivity index (χ2n) is 7.33. The average molecular weight is 353 g/mol. The Morgan fingerprint density at radius 1 is 1.25 bits per heavy atom. The molecular formula is C19H31ClN3O+. The Morgan fingerprint density at radius 2 is 1.96 bits per heavy atom. The third kappa shape index (κ3) is 6.33. The van der Waals surface area contributed by atoms with Crippen LogP contribution in [0.3, 0.4) is 0 Å². The summed E-state index contributed by atoms with van der Waals surface area (Å²) in [6, 6.07) is 8.27. The van der Waals surface area contributed by atoms with Crippen LogP contribution in [0.4, 0.5) is 5.69 Å². The Kier molecular flexibility index (Phi) is 7.38. The molecule has 0 unspecified atom stereocenters. The molecule has 1 aromatic carbocycles. The molecule has 4 nitrogen and oxygen atoms in total. The Hall–Kier alpha value is -1.26. The zero-order valence-electron chi connectivity index (χ0n) is 15.1. The predicted octanol–water partition coefficient (Wildman–Crippen LogP) is 1.99. The van der Waals surface area contributed by atoms with E-state index in [1.54, 1.807) is 0 Å². The van der Waals surface area contributed by atoms with Crippen LogP contribution < -0.4 is 15.1 Å². The lowest BCUT2D eigenvalue weighted by Gasteiger charge is -2.33. The first-order chi connectivity index (χ1) is 11.4. The first-order valence-electron chi connectivity index (χ1n) is 9.07. The molecule has 1 amide bonds. The average Bonchev–Trinajstić information content (AvgIpc) is 2.53. The first kappa shape index (κ1) is 19.1. The van der Waals surface area contributed by atoms with Crippen LogP contribution in [-0.2, 0) is 4.79 Å². The molecule has 0 aromatic heterocycles. The van der Waals surface area contributed by atoms with Crippen LogP contribution >= 0.6 is 11.6 Å². The monoisotopic (exact) mass is 352 g/mol. The van der Waals surface area contributed by atoms with Gasteiger partial charge in [-0.25, -0.2) is 0 Å². The van der Waals surface area contributed by atoms with Crippen LogP contribution in [0.1, 0.15) is 33.6 Å². The molecule has 1 aliphatic heterocycles. The van der Waals surface area contributed by atoms with Crippen molar-refractivity contribution >= 4 is 23.2 Å². The minimum atomic E-state index is 0.178. The summed E-state index contributed by atoms with van der Waals surface area (Å²) in [5, 5.41) is 3.92. The number of amides is 1. The maximum atomic E-state index is 12.2. The number of carbonyl (C=O) groups excluding carboxylic acids is 1. The van der Waals surface area contributed by atoms with Crippen LogP contribution in [0.15, 0.2) is 24.3 Å². The molecule has 2 N–H and O–H groups in total. The number of quaternary nitrogens is 1. The third-order valence-corrected chi connectivity index (χ3v) is 4.87. The second-order valence-corrected chi connectivity index (χ2v) is 7.77. The van der Waals surface area contributed by atoms with Crippen molar-refractivity contribution < 1.29 is 9.69 Å². The highest BCUT2D eigenvalue weighted by Crippen LogP contribution is 2.19. The topological polar surface area (TPSA) is 36.8 Å². The van der Waals surface area contributed by atoms with E-state index in [0.717, 1.165) is 44.0 Å². The number of rotatable bonds is 7. The molecule has 0 saturated carbocycles. The van der Waals surface area contributed by atoms with Gasteiger partial charge in [0.1, 0.15) is 0 Å². The van der Waals surface area contributed by atoms with Gasteiger partial charge in [-0.2, -0.15) is 0 Å². The van der Waals surface area contributed by atoms with E-state index in [4.69, 9.17) is 11.6 Å². The molecule has 1 fully saturated rings. The maximum Gasteiger partial charge on any atom is 0.275 e. The lowest BCUT2D eigenvalue weighted by molar-refractivity contribution is -0.892. The van der Waals surface area contributed by atoms with Crippen molar-refractivity contribution in [2.24, 2.45) is 5.92 Å². The van der Waals surface area contributed by atoms with E-state index in [0.29, 0.717) is 12.5 Å². The van der Waals surface area contributed by atoms with Crippen LogP contribution in [0.2, 0.25) is 5.02 Å². The van der Waals surface area contributed by atoms with Gasteiger partial charge in [0.05, 0.1) is 26.2 Å². The van der Waals surface area contributed by atoms with E-state index in [2.05, 4.69) is 37.1 Å². The van der Waals surface area contributed by atoms with Gasteiger partial charge in [-0.05, 0) is 43.9 Å². The van der Waals surface area contributed by atoms with Crippen LogP contribution in [0, 0.1) is 5.92 Å². The number of carbonyl (C=O) groups is 1. The summed E-state index contributed by atoms with van der Waals surface area (Å²) < 4.78 is 0. The summed E-state index contributed by atoms with van der Waals surface area (Å²) in [4.78, 5) is 15.9. The Morgan fingerprint density at radius 3 is 2.58 bits per heavy atom. The fraction of sp³-hybridized carbons (Fsp3) is 0.632. The van der Waals surface area contributed by atoms with Gasteiger partial charge in [-0.1, -0.05) is 31.5 Å². The number of piperazine rings is 1. The largest absolute Gasteiger partial charge is 0.360 e. The van der Waals surface area contributed by atoms with E-state index >= 15 is 0 Å². The Balaban J connectivity index is 1.71. The summed E-state index contributed by atoms with van der Waals surface area (Å²) in [5.74, 6) is 0.868. The summed E-state index contributed by atoms with van der Waals surface area (Å²) in [6.07, 6.45) is 2.22. The molecule has 0 aliphatic carbocycles. The van der Waals surface area contributed by atoms with Crippen LogP contribution in [0.5, 0.6) is 0 Å². The second kappa shape index (κ2) is 9.28.